The van der Waals surface area contributed by atoms with E-state index in [1.165, 1.54) is 5.56 Å². The van der Waals surface area contributed by atoms with Gasteiger partial charge in [-0.05, 0) is 44.0 Å². The van der Waals surface area contributed by atoms with Crippen LogP contribution >= 0.6 is 0 Å². The van der Waals surface area contributed by atoms with Gasteiger partial charge in [0.15, 0.2) is 0 Å². The van der Waals surface area contributed by atoms with E-state index in [1.54, 1.807) is 0 Å². The Morgan fingerprint density at radius 3 is 3.06 bits per heavy atom. The minimum Gasteiger partial charge on any atom is -0.496 e. The van der Waals surface area contributed by atoms with Gasteiger partial charge in [0.1, 0.15) is 11.8 Å². The first-order valence-electron chi connectivity index (χ1n) is 6.30. The van der Waals surface area contributed by atoms with Gasteiger partial charge in [-0.2, -0.15) is 0 Å². The number of pyridine rings is 1. The van der Waals surface area contributed by atoms with Crippen LogP contribution in [0.15, 0.2) is 30.2 Å². The second-order valence-corrected chi connectivity index (χ2v) is 4.29. The SMILES string of the molecule is CCNC(C1=CCCCO1)c1ncccc1C. The monoisotopic (exact) mass is 232 g/mol. The van der Waals surface area contributed by atoms with Crippen molar-refractivity contribution in [2.75, 3.05) is 13.2 Å². The van der Waals surface area contributed by atoms with E-state index < -0.39 is 0 Å². The van der Waals surface area contributed by atoms with Gasteiger partial charge in [-0.1, -0.05) is 13.0 Å². The Morgan fingerprint density at radius 2 is 2.41 bits per heavy atom. The molecule has 0 spiro atoms. The van der Waals surface area contributed by atoms with Gasteiger partial charge in [0.05, 0.1) is 12.3 Å². The zero-order chi connectivity index (χ0) is 12.1. The number of nitrogens with one attached hydrogen (secondary N) is 1. The van der Waals surface area contributed by atoms with E-state index in [4.69, 9.17) is 4.74 Å². The van der Waals surface area contributed by atoms with E-state index in [-0.39, 0.29) is 6.04 Å². The molecule has 1 unspecified atom stereocenters. The number of likely N-dealkylation sites (N-methyl/N-ethyl adjacent to an activating group) is 1. The van der Waals surface area contributed by atoms with Crippen molar-refractivity contribution in [2.24, 2.45) is 0 Å². The first kappa shape index (κ1) is 12.1. The lowest BCUT2D eigenvalue weighted by molar-refractivity contribution is 0.167. The van der Waals surface area contributed by atoms with Crippen LogP contribution in [0.25, 0.3) is 0 Å². The summed E-state index contributed by atoms with van der Waals surface area (Å²) in [6.45, 7) is 5.92. The quantitative estimate of drug-likeness (QED) is 0.866. The average Bonchev–Trinajstić information content (AvgIpc) is 2.38. The Hall–Kier alpha value is -1.35. The number of aromatic nitrogens is 1. The van der Waals surface area contributed by atoms with Crippen molar-refractivity contribution in [2.45, 2.75) is 32.7 Å². The van der Waals surface area contributed by atoms with Crippen LogP contribution in [-0.4, -0.2) is 18.1 Å². The fourth-order valence-corrected chi connectivity index (χ4v) is 2.11. The second-order valence-electron chi connectivity index (χ2n) is 4.29. The van der Waals surface area contributed by atoms with Gasteiger partial charge >= 0.3 is 0 Å². The third-order valence-electron chi connectivity index (χ3n) is 2.98. The molecular weight excluding hydrogens is 212 g/mol. The lowest BCUT2D eigenvalue weighted by atomic mass is 10.0. The molecule has 0 aliphatic carbocycles. The van der Waals surface area contributed by atoms with E-state index in [1.807, 2.05) is 12.3 Å². The van der Waals surface area contributed by atoms with Crippen molar-refractivity contribution in [3.8, 4) is 0 Å². The van der Waals surface area contributed by atoms with E-state index in [2.05, 4.69) is 36.3 Å². The summed E-state index contributed by atoms with van der Waals surface area (Å²) in [4.78, 5) is 4.49. The molecule has 92 valence electrons. The molecule has 1 aliphatic rings. The molecule has 1 aromatic heterocycles. The zero-order valence-corrected chi connectivity index (χ0v) is 10.6. The first-order chi connectivity index (χ1) is 8.33. The van der Waals surface area contributed by atoms with Gasteiger partial charge in [-0.3, -0.25) is 4.98 Å². The molecule has 0 amide bonds. The molecule has 0 aromatic carbocycles. The Bertz CT molecular complexity index is 401. The molecule has 0 fully saturated rings. The highest BCUT2D eigenvalue weighted by Crippen LogP contribution is 2.26. The number of allylic oxidation sites excluding steroid dienone is 1. The largest absolute Gasteiger partial charge is 0.496 e. The van der Waals surface area contributed by atoms with Crippen molar-refractivity contribution >= 4 is 0 Å². The maximum atomic E-state index is 5.76. The number of aryl methyl sites for hydroxylation is 1. The fraction of sp³-hybridized carbons (Fsp3) is 0.500. The molecule has 1 N–H and O–H groups in total. The molecule has 2 rings (SSSR count). The van der Waals surface area contributed by atoms with Gasteiger partial charge < -0.3 is 10.1 Å². The maximum Gasteiger partial charge on any atom is 0.115 e. The van der Waals surface area contributed by atoms with Crippen LogP contribution in [0, 0.1) is 6.92 Å². The minimum absolute atomic E-state index is 0.0986. The molecule has 0 radical (unpaired) electrons. The molecule has 0 saturated heterocycles. The molecule has 1 atom stereocenters. The van der Waals surface area contributed by atoms with E-state index in [0.29, 0.717) is 0 Å². The predicted molar refractivity (Wildman–Crippen MR) is 68.7 cm³/mol. The summed E-state index contributed by atoms with van der Waals surface area (Å²) >= 11 is 0. The molecule has 3 nitrogen and oxygen atoms in total. The summed E-state index contributed by atoms with van der Waals surface area (Å²) in [6, 6.07) is 4.16. The van der Waals surface area contributed by atoms with Crippen LogP contribution in [-0.2, 0) is 4.74 Å². The van der Waals surface area contributed by atoms with Gasteiger partial charge in [-0.25, -0.2) is 0 Å². The van der Waals surface area contributed by atoms with Crippen LogP contribution in [0.2, 0.25) is 0 Å². The van der Waals surface area contributed by atoms with Crippen LogP contribution in [0.4, 0.5) is 0 Å². The third-order valence-corrected chi connectivity index (χ3v) is 2.98. The van der Waals surface area contributed by atoms with Gasteiger partial charge in [0.25, 0.3) is 0 Å². The highest BCUT2D eigenvalue weighted by atomic mass is 16.5. The van der Waals surface area contributed by atoms with Gasteiger partial charge in [0, 0.05) is 6.20 Å². The fourth-order valence-electron chi connectivity index (χ4n) is 2.11. The highest BCUT2D eigenvalue weighted by molar-refractivity contribution is 5.27. The van der Waals surface area contributed by atoms with Crippen molar-refractivity contribution in [1.82, 2.24) is 10.3 Å². The summed E-state index contributed by atoms with van der Waals surface area (Å²) in [5.74, 6) is 1.03. The Kier molecular flexibility index (Phi) is 4.15. The molecule has 0 saturated carbocycles. The van der Waals surface area contributed by atoms with Crippen molar-refractivity contribution in [3.63, 3.8) is 0 Å². The first-order valence-corrected chi connectivity index (χ1v) is 6.30. The second kappa shape index (κ2) is 5.82. The summed E-state index contributed by atoms with van der Waals surface area (Å²) in [5.41, 5.74) is 2.27. The number of ether oxygens (including phenoxy) is 1. The lowest BCUT2D eigenvalue weighted by Gasteiger charge is -2.25. The number of hydrogen-bond donors (Lipinski definition) is 1. The molecule has 17 heavy (non-hydrogen) atoms. The normalized spacial score (nSPS) is 17.2. The Morgan fingerprint density at radius 1 is 1.53 bits per heavy atom. The zero-order valence-electron chi connectivity index (χ0n) is 10.6. The number of rotatable bonds is 4. The van der Waals surface area contributed by atoms with Crippen LogP contribution < -0.4 is 5.32 Å². The average molecular weight is 232 g/mol. The number of hydrogen-bond acceptors (Lipinski definition) is 3. The summed E-state index contributed by atoms with van der Waals surface area (Å²) in [6.07, 6.45) is 6.24. The summed E-state index contributed by atoms with van der Waals surface area (Å²) in [7, 11) is 0. The topological polar surface area (TPSA) is 34.1 Å². The van der Waals surface area contributed by atoms with E-state index >= 15 is 0 Å². The Labute approximate surface area is 103 Å². The minimum atomic E-state index is 0.0986. The van der Waals surface area contributed by atoms with Crippen molar-refractivity contribution < 1.29 is 4.74 Å². The third kappa shape index (κ3) is 2.86. The molecule has 0 bridgehead atoms. The maximum absolute atomic E-state index is 5.76. The standard InChI is InChI=1S/C14H20N2O/c1-3-15-14(12-8-4-5-10-17-12)13-11(2)7-6-9-16-13/h6-9,14-15H,3-5,10H2,1-2H3. The molecule has 1 aliphatic heterocycles. The summed E-state index contributed by atoms with van der Waals surface area (Å²) < 4.78 is 5.76. The predicted octanol–water partition coefficient (Wildman–Crippen LogP) is 2.73. The summed E-state index contributed by atoms with van der Waals surface area (Å²) in [5, 5.41) is 3.45. The van der Waals surface area contributed by atoms with E-state index in [9.17, 15) is 0 Å². The van der Waals surface area contributed by atoms with Crippen LogP contribution in [0.5, 0.6) is 0 Å². The molecule has 3 heteroatoms. The van der Waals surface area contributed by atoms with E-state index in [0.717, 1.165) is 37.4 Å². The van der Waals surface area contributed by atoms with Crippen molar-refractivity contribution in [1.29, 1.82) is 0 Å². The molecule has 2 heterocycles. The highest BCUT2D eigenvalue weighted by Gasteiger charge is 2.21. The van der Waals surface area contributed by atoms with Gasteiger partial charge in [-0.15, -0.1) is 0 Å². The molecule has 1 aromatic rings. The van der Waals surface area contributed by atoms with Crippen LogP contribution in [0.3, 0.4) is 0 Å². The lowest BCUT2D eigenvalue weighted by Crippen LogP contribution is -2.26. The molecular formula is C14H20N2O. The van der Waals surface area contributed by atoms with Crippen molar-refractivity contribution in [3.05, 3.63) is 41.4 Å². The van der Waals surface area contributed by atoms with Crippen LogP contribution in [0.1, 0.15) is 37.1 Å². The smallest absolute Gasteiger partial charge is 0.115 e. The van der Waals surface area contributed by atoms with Gasteiger partial charge in [0.2, 0.25) is 0 Å². The number of nitrogens with zero attached hydrogens (tertiary/aromatic N) is 1. The Balaban J connectivity index is 2.28.